The molecule has 11 nitrogen and oxygen atoms in total. The number of nitrogens with zero attached hydrogens (tertiary/aromatic N) is 4. The van der Waals surface area contributed by atoms with E-state index in [1.807, 2.05) is 32.0 Å². The number of ether oxygens (including phenoxy) is 1. The van der Waals surface area contributed by atoms with Gasteiger partial charge in [0, 0.05) is 61.8 Å². The number of aryl methyl sites for hydroxylation is 1. The molecule has 2 amide bonds. The zero-order chi connectivity index (χ0) is 38.4. The second-order valence-corrected chi connectivity index (χ2v) is 19.8. The lowest BCUT2D eigenvalue weighted by atomic mass is 9.62. The highest BCUT2D eigenvalue weighted by Gasteiger charge is 2.50. The number of aliphatic hydroxyl groups is 1. The molecular formula is C41H58ClN5O6S. The highest BCUT2D eigenvalue weighted by atomic mass is 35.5. The van der Waals surface area contributed by atoms with Crippen LogP contribution in [0.4, 0.5) is 5.69 Å². The Balaban J connectivity index is 1.23. The molecule has 54 heavy (non-hydrogen) atoms. The lowest BCUT2D eigenvalue weighted by Crippen LogP contribution is -2.60. The summed E-state index contributed by atoms with van der Waals surface area (Å²) in [6.45, 7) is 8.85. The van der Waals surface area contributed by atoms with E-state index in [1.54, 1.807) is 25.1 Å². The van der Waals surface area contributed by atoms with Gasteiger partial charge < -0.3 is 24.5 Å². The number of fused-ring (bicyclic) bond motifs is 4. The Labute approximate surface area is 326 Å². The number of piperazine rings is 1. The van der Waals surface area contributed by atoms with E-state index in [2.05, 4.69) is 31.6 Å². The number of β-amino-alcohol motifs (C(OH)–C–C–N with tert-alkyl or cyclic N) is 1. The fourth-order valence-electron chi connectivity index (χ4n) is 9.80. The number of likely N-dealkylation sites (N-methyl/N-ethyl adjacent to an activating group) is 1. The number of nitrogens with one attached hydrogen (secondary N) is 1. The molecule has 1 spiro atoms. The SMILES string of the molecule is C[C@@H]1[C@@H](C)CCC[C@](O)(CN2CCN(CCN(C)C)C(=O)C2)[C@@H]2CC[C@H]2CN2C[C@@]3(CCCc4cc(Cl)ccc43)COc3ccc(cc32)C(=O)NS1(=O)=O. The summed E-state index contributed by atoms with van der Waals surface area (Å²) in [4.78, 5) is 35.4. The van der Waals surface area contributed by atoms with Gasteiger partial charge in [-0.2, -0.15) is 0 Å². The molecule has 1 saturated heterocycles. The van der Waals surface area contributed by atoms with E-state index in [0.717, 1.165) is 49.4 Å². The number of sulfonamides is 1. The first kappa shape index (κ1) is 39.3. The summed E-state index contributed by atoms with van der Waals surface area (Å²) in [5.74, 6) is 0.0321. The van der Waals surface area contributed by atoms with Crippen molar-refractivity contribution in [1.29, 1.82) is 0 Å². The molecule has 7 rings (SSSR count). The molecule has 2 aromatic rings. The second kappa shape index (κ2) is 15.6. The van der Waals surface area contributed by atoms with Crippen LogP contribution in [0, 0.1) is 17.8 Å². The number of carbonyl (C=O) groups is 2. The number of rotatable bonds is 5. The number of hydrogen-bond donors (Lipinski definition) is 2. The van der Waals surface area contributed by atoms with E-state index in [4.69, 9.17) is 16.3 Å². The van der Waals surface area contributed by atoms with Gasteiger partial charge in [-0.1, -0.05) is 31.0 Å². The molecule has 296 valence electrons. The zero-order valence-corrected chi connectivity index (χ0v) is 33.9. The van der Waals surface area contributed by atoms with Crippen LogP contribution in [0.25, 0.3) is 0 Å². The van der Waals surface area contributed by atoms with Crippen LogP contribution in [0.1, 0.15) is 80.3 Å². The molecule has 2 fully saturated rings. The van der Waals surface area contributed by atoms with E-state index >= 15 is 0 Å². The summed E-state index contributed by atoms with van der Waals surface area (Å²) in [5, 5.41) is 12.8. The van der Waals surface area contributed by atoms with Crippen LogP contribution in [-0.2, 0) is 26.7 Å². The third-order valence-electron chi connectivity index (χ3n) is 13.4. The first-order chi connectivity index (χ1) is 25.7. The number of carbonyl (C=O) groups excluding carboxylic acids is 2. The molecule has 2 N–H and O–H groups in total. The Hall–Kier alpha value is -2.90. The average molecular weight is 784 g/mol. The summed E-state index contributed by atoms with van der Waals surface area (Å²) in [5.41, 5.74) is 2.12. The van der Waals surface area contributed by atoms with Gasteiger partial charge in [0.25, 0.3) is 5.91 Å². The maximum atomic E-state index is 13.6. The minimum absolute atomic E-state index is 0.00348. The summed E-state index contributed by atoms with van der Waals surface area (Å²) in [6, 6.07) is 11.4. The number of amides is 2. The Bertz CT molecular complexity index is 1840. The van der Waals surface area contributed by atoms with E-state index in [9.17, 15) is 23.1 Å². The van der Waals surface area contributed by atoms with Crippen LogP contribution in [0.15, 0.2) is 36.4 Å². The Morgan fingerprint density at radius 1 is 1.04 bits per heavy atom. The van der Waals surface area contributed by atoms with Crippen LogP contribution in [0.3, 0.4) is 0 Å². The first-order valence-corrected chi connectivity index (χ1v) is 21.8. The Morgan fingerprint density at radius 3 is 2.59 bits per heavy atom. The lowest BCUT2D eigenvalue weighted by molar-refractivity contribution is -0.142. The van der Waals surface area contributed by atoms with Gasteiger partial charge in [-0.15, -0.1) is 0 Å². The number of halogens is 1. The summed E-state index contributed by atoms with van der Waals surface area (Å²) in [6.07, 6.45) is 6.44. The van der Waals surface area contributed by atoms with Crippen molar-refractivity contribution in [3.63, 3.8) is 0 Å². The number of hydrogen-bond acceptors (Lipinski definition) is 9. The van der Waals surface area contributed by atoms with Crippen molar-refractivity contribution in [2.45, 2.75) is 81.5 Å². The van der Waals surface area contributed by atoms with E-state index in [0.29, 0.717) is 70.9 Å². The second-order valence-electron chi connectivity index (χ2n) is 17.3. The van der Waals surface area contributed by atoms with Gasteiger partial charge in [-0.25, -0.2) is 13.1 Å². The minimum atomic E-state index is -3.99. The van der Waals surface area contributed by atoms with Gasteiger partial charge in [0.2, 0.25) is 15.9 Å². The minimum Gasteiger partial charge on any atom is -0.490 e. The van der Waals surface area contributed by atoms with E-state index < -0.39 is 26.8 Å². The molecule has 3 heterocycles. The highest BCUT2D eigenvalue weighted by Crippen LogP contribution is 2.49. The third-order valence-corrected chi connectivity index (χ3v) is 15.5. The van der Waals surface area contributed by atoms with Crippen LogP contribution >= 0.6 is 11.6 Å². The molecule has 0 radical (unpaired) electrons. The molecule has 2 aromatic carbocycles. The third kappa shape index (κ3) is 8.01. The summed E-state index contributed by atoms with van der Waals surface area (Å²) in [7, 11) is 0.0286. The van der Waals surface area contributed by atoms with Crippen molar-refractivity contribution in [1.82, 2.24) is 19.4 Å². The highest BCUT2D eigenvalue weighted by molar-refractivity contribution is 7.90. The number of benzene rings is 2. The van der Waals surface area contributed by atoms with Crippen molar-refractivity contribution in [2.24, 2.45) is 17.8 Å². The summed E-state index contributed by atoms with van der Waals surface area (Å²) < 4.78 is 36.2. The fourth-order valence-corrected chi connectivity index (χ4v) is 11.3. The topological polar surface area (TPSA) is 123 Å². The van der Waals surface area contributed by atoms with Crippen LogP contribution < -0.4 is 14.4 Å². The largest absolute Gasteiger partial charge is 0.490 e. The predicted molar refractivity (Wildman–Crippen MR) is 212 cm³/mol. The molecule has 1 saturated carbocycles. The van der Waals surface area contributed by atoms with Gasteiger partial charge in [-0.3, -0.25) is 14.5 Å². The lowest BCUT2D eigenvalue weighted by Gasteiger charge is -2.52. The fraction of sp³-hybridized carbons (Fsp3) is 0.659. The van der Waals surface area contributed by atoms with Crippen LogP contribution in [-0.4, -0.2) is 124 Å². The van der Waals surface area contributed by atoms with Gasteiger partial charge in [0.05, 0.1) is 29.7 Å². The average Bonchev–Trinajstić information content (AvgIpc) is 3.25. The van der Waals surface area contributed by atoms with Crippen molar-refractivity contribution < 1.29 is 27.9 Å². The molecule has 13 heteroatoms. The predicted octanol–water partition coefficient (Wildman–Crippen LogP) is 4.54. The van der Waals surface area contributed by atoms with Gasteiger partial charge in [0.1, 0.15) is 5.75 Å². The molecular weight excluding hydrogens is 726 g/mol. The zero-order valence-electron chi connectivity index (χ0n) is 32.4. The molecule has 5 aliphatic rings. The molecule has 2 bridgehead atoms. The Kier molecular flexibility index (Phi) is 11.3. The van der Waals surface area contributed by atoms with E-state index in [1.165, 1.54) is 11.1 Å². The van der Waals surface area contributed by atoms with Gasteiger partial charge >= 0.3 is 0 Å². The Morgan fingerprint density at radius 2 is 1.85 bits per heavy atom. The van der Waals surface area contributed by atoms with E-state index in [-0.39, 0.29) is 41.2 Å². The van der Waals surface area contributed by atoms with Crippen LogP contribution in [0.5, 0.6) is 5.75 Å². The normalized spacial score (nSPS) is 31.9. The smallest absolute Gasteiger partial charge is 0.264 e. The van der Waals surface area contributed by atoms with Crippen LogP contribution in [0.2, 0.25) is 5.02 Å². The first-order valence-electron chi connectivity index (χ1n) is 19.9. The van der Waals surface area contributed by atoms with Gasteiger partial charge in [-0.05, 0) is 125 Å². The molecule has 6 atom stereocenters. The quantitative estimate of drug-likeness (QED) is 0.450. The van der Waals surface area contributed by atoms with Crippen molar-refractivity contribution >= 4 is 39.1 Å². The maximum Gasteiger partial charge on any atom is 0.264 e. The molecule has 0 aromatic heterocycles. The molecule has 0 unspecified atom stereocenters. The maximum absolute atomic E-state index is 13.6. The molecule has 2 aliphatic carbocycles. The summed E-state index contributed by atoms with van der Waals surface area (Å²) >= 11 is 6.48. The van der Waals surface area contributed by atoms with Crippen molar-refractivity contribution in [3.8, 4) is 5.75 Å². The standard InChI is InChI=1S/C41H58ClN5O6S/c1-28-7-5-16-41(50,26-45-18-20-46(38(48)24-45)19-17-44(3)4)35-12-9-32(35)23-47-25-40(15-6-8-30-21-33(42)11-13-34(30)40)27-53-37-14-10-31(22-36(37)47)39(49)43-54(51,52)29(28)2/h10-11,13-14,21-22,28-29,32,35,50H,5-9,12,15-20,23-27H2,1-4H3,(H,43,49)/t28-,29+,32-,35+,40-,41-/m0/s1. The monoisotopic (exact) mass is 783 g/mol. The number of anilines is 1. The van der Waals surface area contributed by atoms with Crippen molar-refractivity contribution in [2.75, 3.05) is 78.0 Å². The van der Waals surface area contributed by atoms with Crippen molar-refractivity contribution in [3.05, 3.63) is 58.1 Å². The molecule has 3 aliphatic heterocycles. The van der Waals surface area contributed by atoms with Gasteiger partial charge in [0.15, 0.2) is 0 Å².